The predicted molar refractivity (Wildman–Crippen MR) is 94.4 cm³/mol. The Morgan fingerprint density at radius 3 is 2.88 bits per heavy atom. The highest BCUT2D eigenvalue weighted by Crippen LogP contribution is 2.25. The molecule has 2 unspecified atom stereocenters. The zero-order chi connectivity index (χ0) is 17.4. The number of primary amides is 1. The number of hydrogen-bond donors (Lipinski definition) is 2. The van der Waals surface area contributed by atoms with Gasteiger partial charge in [0.25, 0.3) is 5.91 Å². The van der Waals surface area contributed by atoms with Crippen LogP contribution in [0.15, 0.2) is 48.7 Å². The fourth-order valence-electron chi connectivity index (χ4n) is 3.23. The van der Waals surface area contributed by atoms with Crippen molar-refractivity contribution in [2.24, 2.45) is 5.73 Å². The Bertz CT molecular complexity index is 919. The van der Waals surface area contributed by atoms with E-state index in [1.54, 1.807) is 10.7 Å². The number of aromatic nitrogens is 2. The number of carbonyl (C=O) groups is 1. The molecule has 3 aromatic rings. The molecule has 2 heterocycles. The van der Waals surface area contributed by atoms with Crippen molar-refractivity contribution in [3.63, 3.8) is 0 Å². The standard InChI is InChI=1S/C19H20N4O/c20-19(24)17-5-1-3-15-12-23(22-18(15)17)16-8-6-13(7-9-16)14-4-2-10-21-11-14/h1,3,5-9,12,14,21H,2,4,10-11H2,(H2,20,24)/i4D. The maximum atomic E-state index is 11.6. The van der Waals surface area contributed by atoms with Crippen LogP contribution in [-0.4, -0.2) is 28.8 Å². The van der Waals surface area contributed by atoms with Crippen LogP contribution >= 0.6 is 0 Å². The van der Waals surface area contributed by atoms with E-state index in [-0.39, 0.29) is 12.3 Å². The molecule has 1 aliphatic heterocycles. The number of nitrogens with zero attached hydrogens (tertiary/aromatic N) is 2. The summed E-state index contributed by atoms with van der Waals surface area (Å²) >= 11 is 0. The number of carbonyl (C=O) groups excluding carboxylic acids is 1. The van der Waals surface area contributed by atoms with E-state index in [1.807, 2.05) is 30.5 Å². The fraction of sp³-hybridized carbons (Fsp3) is 0.263. The van der Waals surface area contributed by atoms with Crippen LogP contribution in [0, 0.1) is 0 Å². The van der Waals surface area contributed by atoms with Gasteiger partial charge in [-0.15, -0.1) is 0 Å². The Kier molecular flexibility index (Phi) is 3.49. The van der Waals surface area contributed by atoms with Gasteiger partial charge in [-0.1, -0.05) is 24.3 Å². The molecule has 0 spiro atoms. The van der Waals surface area contributed by atoms with E-state index < -0.39 is 5.91 Å². The average molecular weight is 321 g/mol. The van der Waals surface area contributed by atoms with E-state index >= 15 is 0 Å². The molecule has 0 bridgehead atoms. The van der Waals surface area contributed by atoms with Crippen LogP contribution in [0.5, 0.6) is 0 Å². The second-order valence-electron chi connectivity index (χ2n) is 6.11. The highest BCUT2D eigenvalue weighted by Gasteiger charge is 2.15. The molecule has 3 N–H and O–H groups in total. The van der Waals surface area contributed by atoms with Crippen molar-refractivity contribution in [1.29, 1.82) is 0 Å². The van der Waals surface area contributed by atoms with Crippen LogP contribution in [0.1, 0.15) is 36.0 Å². The molecule has 5 nitrogen and oxygen atoms in total. The van der Waals surface area contributed by atoms with E-state index in [0.29, 0.717) is 11.1 Å². The van der Waals surface area contributed by atoms with Crippen molar-refractivity contribution in [2.45, 2.75) is 18.7 Å². The molecule has 1 amide bonds. The van der Waals surface area contributed by atoms with Gasteiger partial charge in [0.1, 0.15) is 5.52 Å². The molecular weight excluding hydrogens is 300 g/mol. The molecule has 0 aliphatic carbocycles. The lowest BCUT2D eigenvalue weighted by Crippen LogP contribution is -2.28. The van der Waals surface area contributed by atoms with Crippen molar-refractivity contribution >= 4 is 16.8 Å². The molecule has 2 aromatic carbocycles. The Balaban J connectivity index is 1.67. The van der Waals surface area contributed by atoms with Gasteiger partial charge >= 0.3 is 0 Å². The lowest BCUT2D eigenvalue weighted by molar-refractivity contribution is 0.100. The van der Waals surface area contributed by atoms with Crippen LogP contribution in [0.4, 0.5) is 0 Å². The largest absolute Gasteiger partial charge is 0.366 e. The second kappa shape index (κ2) is 6.09. The van der Waals surface area contributed by atoms with Gasteiger partial charge in [0.2, 0.25) is 0 Å². The van der Waals surface area contributed by atoms with Crippen molar-refractivity contribution in [2.75, 3.05) is 13.1 Å². The third-order valence-corrected chi connectivity index (χ3v) is 4.52. The summed E-state index contributed by atoms with van der Waals surface area (Å²) < 4.78 is 9.98. The van der Waals surface area contributed by atoms with E-state index in [0.717, 1.165) is 30.6 Å². The summed E-state index contributed by atoms with van der Waals surface area (Å²) in [4.78, 5) is 11.6. The Hall–Kier alpha value is -2.66. The van der Waals surface area contributed by atoms with Gasteiger partial charge in [-0.25, -0.2) is 4.68 Å². The number of rotatable bonds is 3. The second-order valence-corrected chi connectivity index (χ2v) is 6.11. The first kappa shape index (κ1) is 13.7. The molecular formula is C19H20N4O. The number of benzene rings is 2. The summed E-state index contributed by atoms with van der Waals surface area (Å²) in [5, 5.41) is 8.77. The lowest BCUT2D eigenvalue weighted by atomic mass is 9.92. The van der Waals surface area contributed by atoms with E-state index in [2.05, 4.69) is 22.5 Å². The Morgan fingerprint density at radius 1 is 1.29 bits per heavy atom. The van der Waals surface area contributed by atoms with Gasteiger partial charge in [-0.05, 0) is 49.0 Å². The monoisotopic (exact) mass is 321 g/mol. The highest BCUT2D eigenvalue weighted by atomic mass is 16.1. The summed E-state index contributed by atoms with van der Waals surface area (Å²) in [6.07, 6.45) is 2.72. The molecule has 1 saturated heterocycles. The Labute approximate surface area is 141 Å². The van der Waals surface area contributed by atoms with Crippen LogP contribution in [0.2, 0.25) is 0 Å². The molecule has 1 aliphatic rings. The van der Waals surface area contributed by atoms with Gasteiger partial charge < -0.3 is 11.1 Å². The molecule has 122 valence electrons. The normalized spacial score (nSPS) is 21.6. The van der Waals surface area contributed by atoms with E-state index in [1.165, 1.54) is 5.56 Å². The van der Waals surface area contributed by atoms with E-state index in [4.69, 9.17) is 7.10 Å². The zero-order valence-electron chi connectivity index (χ0n) is 14.3. The third-order valence-electron chi connectivity index (χ3n) is 4.52. The summed E-state index contributed by atoms with van der Waals surface area (Å²) in [6, 6.07) is 13.6. The fourth-order valence-corrected chi connectivity index (χ4v) is 3.23. The van der Waals surface area contributed by atoms with Crippen LogP contribution in [0.25, 0.3) is 16.6 Å². The zero-order valence-corrected chi connectivity index (χ0v) is 13.3. The average Bonchev–Trinajstić information content (AvgIpc) is 3.06. The number of fused-ring (bicyclic) bond motifs is 1. The molecule has 1 fully saturated rings. The SMILES string of the molecule is [2H]C1CCNCC1c1ccc(-n2cc3cccc(C(N)=O)c3n2)cc1. The first-order chi connectivity index (χ1) is 12.1. The van der Waals surface area contributed by atoms with Crippen molar-refractivity contribution < 1.29 is 6.17 Å². The van der Waals surface area contributed by atoms with Crippen molar-refractivity contribution in [3.05, 3.63) is 59.8 Å². The highest BCUT2D eigenvalue weighted by molar-refractivity contribution is 6.04. The molecule has 4 rings (SSSR count). The van der Waals surface area contributed by atoms with Gasteiger partial charge in [0.05, 0.1) is 11.3 Å². The summed E-state index contributed by atoms with van der Waals surface area (Å²) in [7, 11) is 0. The first-order valence-electron chi connectivity index (χ1n) is 8.73. The van der Waals surface area contributed by atoms with Crippen molar-refractivity contribution in [3.8, 4) is 5.69 Å². The van der Waals surface area contributed by atoms with Gasteiger partial charge in [0.15, 0.2) is 0 Å². The molecule has 0 radical (unpaired) electrons. The van der Waals surface area contributed by atoms with Crippen molar-refractivity contribution in [1.82, 2.24) is 15.1 Å². The maximum Gasteiger partial charge on any atom is 0.250 e. The first-order valence-corrected chi connectivity index (χ1v) is 8.15. The molecule has 5 heteroatoms. The van der Waals surface area contributed by atoms with Crippen LogP contribution < -0.4 is 11.1 Å². The maximum absolute atomic E-state index is 11.6. The Morgan fingerprint density at radius 2 is 2.12 bits per heavy atom. The molecule has 2 atom stereocenters. The van der Waals surface area contributed by atoms with E-state index in [9.17, 15) is 4.79 Å². The van der Waals surface area contributed by atoms with Gasteiger partial charge in [-0.3, -0.25) is 4.79 Å². The van der Waals surface area contributed by atoms with Crippen LogP contribution in [0.3, 0.4) is 0 Å². The smallest absolute Gasteiger partial charge is 0.250 e. The number of nitrogens with two attached hydrogens (primary N) is 1. The minimum atomic E-state index is -0.475. The third kappa shape index (κ3) is 2.67. The van der Waals surface area contributed by atoms with Gasteiger partial charge in [-0.2, -0.15) is 5.10 Å². The number of amides is 1. The number of hydrogen-bond acceptors (Lipinski definition) is 3. The van der Waals surface area contributed by atoms with Crippen LogP contribution in [-0.2, 0) is 0 Å². The molecule has 1 aromatic heterocycles. The van der Waals surface area contributed by atoms with Gasteiger partial charge in [0, 0.05) is 19.5 Å². The summed E-state index contributed by atoms with van der Waals surface area (Å²) in [5.41, 5.74) is 8.56. The molecule has 0 saturated carbocycles. The number of piperidine rings is 1. The summed E-state index contributed by atoms with van der Waals surface area (Å²) in [6.45, 7) is 1.77. The summed E-state index contributed by atoms with van der Waals surface area (Å²) in [5.74, 6) is -0.251. The minimum Gasteiger partial charge on any atom is -0.366 e. The lowest BCUT2D eigenvalue weighted by Gasteiger charge is -2.23. The molecule has 24 heavy (non-hydrogen) atoms. The minimum absolute atomic E-state index is 0.0579. The quantitative estimate of drug-likeness (QED) is 0.779. The predicted octanol–water partition coefficient (Wildman–Crippen LogP) is 2.59. The topological polar surface area (TPSA) is 72.9 Å². The number of nitrogens with one attached hydrogen (secondary N) is 1.